The second-order valence-corrected chi connectivity index (χ2v) is 7.62. The van der Waals surface area contributed by atoms with Crippen LogP contribution in [0, 0.1) is 13.8 Å². The quantitative estimate of drug-likeness (QED) is 0.620. The van der Waals surface area contributed by atoms with Crippen LogP contribution in [0.15, 0.2) is 58.3 Å². The number of hydrogen-bond acceptors (Lipinski definition) is 5. The Labute approximate surface area is 180 Å². The van der Waals surface area contributed by atoms with Gasteiger partial charge in [-0.1, -0.05) is 23.8 Å². The average molecular weight is 416 g/mol. The largest absolute Gasteiger partial charge is 0.455 e. The van der Waals surface area contributed by atoms with E-state index in [0.717, 1.165) is 46.6 Å². The number of pyridine rings is 1. The number of carbonyl (C=O) groups is 2. The predicted molar refractivity (Wildman–Crippen MR) is 117 cm³/mol. The minimum atomic E-state index is -0.279. The second-order valence-electron chi connectivity index (χ2n) is 7.62. The maximum atomic E-state index is 12.7. The lowest BCUT2D eigenvalue weighted by Gasteiger charge is -2.13. The van der Waals surface area contributed by atoms with Crippen LogP contribution in [0.5, 0.6) is 0 Å². The number of rotatable bonds is 5. The number of nitrogens with zero attached hydrogens (tertiary/aromatic N) is 2. The molecule has 3 aromatic rings. The maximum absolute atomic E-state index is 12.7. The van der Waals surface area contributed by atoms with Gasteiger partial charge in [-0.3, -0.25) is 14.6 Å². The smallest absolute Gasteiger partial charge is 0.287 e. The lowest BCUT2D eigenvalue weighted by Crippen LogP contribution is -2.23. The van der Waals surface area contributed by atoms with Gasteiger partial charge in [0.15, 0.2) is 5.76 Å². The number of hydrogen-bond donors (Lipinski definition) is 2. The van der Waals surface area contributed by atoms with E-state index in [9.17, 15) is 9.59 Å². The van der Waals surface area contributed by atoms with Crippen LogP contribution >= 0.6 is 0 Å². The van der Waals surface area contributed by atoms with Crippen LogP contribution in [0.3, 0.4) is 0 Å². The summed E-state index contributed by atoms with van der Waals surface area (Å²) in [6.07, 6.45) is 5.68. The van der Waals surface area contributed by atoms with Crippen LogP contribution < -0.4 is 10.7 Å². The molecule has 0 unspecified atom stereocenters. The van der Waals surface area contributed by atoms with Gasteiger partial charge >= 0.3 is 0 Å². The first kappa shape index (κ1) is 20.5. The number of nitrogens with one attached hydrogen (secondary N) is 2. The predicted octanol–water partition coefficient (Wildman–Crippen LogP) is 3.69. The minimum Gasteiger partial charge on any atom is -0.455 e. The number of amides is 2. The molecule has 0 fully saturated rings. The molecule has 1 aliphatic carbocycles. The number of hydrazone groups is 1. The molecule has 2 N–H and O–H groups in total. The van der Waals surface area contributed by atoms with Crippen molar-refractivity contribution in [1.29, 1.82) is 0 Å². The molecule has 1 aromatic carbocycles. The van der Waals surface area contributed by atoms with Crippen molar-refractivity contribution in [1.82, 2.24) is 15.7 Å². The third-order valence-corrected chi connectivity index (χ3v) is 5.28. The zero-order valence-electron chi connectivity index (χ0n) is 17.6. The molecule has 4 rings (SSSR count). The number of carbonyl (C=O) groups excluding carboxylic acids is 2. The molecule has 0 atom stereocenters. The summed E-state index contributed by atoms with van der Waals surface area (Å²) in [6, 6.07) is 11.1. The van der Waals surface area contributed by atoms with Crippen LogP contribution in [0.2, 0.25) is 0 Å². The summed E-state index contributed by atoms with van der Waals surface area (Å²) in [5.74, 6) is 0.477. The molecule has 0 bridgehead atoms. The van der Waals surface area contributed by atoms with Gasteiger partial charge in [0, 0.05) is 42.0 Å². The Morgan fingerprint density at radius 1 is 1.13 bits per heavy atom. The van der Waals surface area contributed by atoms with Crippen LogP contribution in [-0.4, -0.2) is 22.5 Å². The zero-order valence-corrected chi connectivity index (χ0v) is 17.6. The highest BCUT2D eigenvalue weighted by Gasteiger charge is 2.28. The molecule has 0 aliphatic heterocycles. The van der Waals surface area contributed by atoms with E-state index in [1.165, 1.54) is 0 Å². The van der Waals surface area contributed by atoms with Gasteiger partial charge in [0.2, 0.25) is 0 Å². The van der Waals surface area contributed by atoms with Crippen molar-refractivity contribution in [3.63, 3.8) is 0 Å². The fourth-order valence-electron chi connectivity index (χ4n) is 3.73. The van der Waals surface area contributed by atoms with E-state index in [1.54, 1.807) is 18.5 Å². The Kier molecular flexibility index (Phi) is 5.93. The Balaban J connectivity index is 1.51. The number of fused-ring (bicyclic) bond motifs is 1. The summed E-state index contributed by atoms with van der Waals surface area (Å²) < 4.78 is 5.90. The lowest BCUT2D eigenvalue weighted by molar-refractivity contribution is 0.0919. The molecule has 7 heteroatoms. The molecular weight excluding hydrogens is 392 g/mol. The van der Waals surface area contributed by atoms with Gasteiger partial charge in [0.1, 0.15) is 5.76 Å². The maximum Gasteiger partial charge on any atom is 0.287 e. The van der Waals surface area contributed by atoms with Crippen molar-refractivity contribution in [3.8, 4) is 0 Å². The van der Waals surface area contributed by atoms with Crippen molar-refractivity contribution in [2.75, 3.05) is 0 Å². The van der Waals surface area contributed by atoms with Gasteiger partial charge < -0.3 is 9.73 Å². The summed E-state index contributed by atoms with van der Waals surface area (Å²) in [5, 5.41) is 7.25. The molecule has 2 aromatic heterocycles. The summed E-state index contributed by atoms with van der Waals surface area (Å²) in [6.45, 7) is 4.15. The summed E-state index contributed by atoms with van der Waals surface area (Å²) >= 11 is 0. The van der Waals surface area contributed by atoms with Crippen molar-refractivity contribution < 1.29 is 14.0 Å². The van der Waals surface area contributed by atoms with Crippen LogP contribution in [-0.2, 0) is 13.0 Å². The van der Waals surface area contributed by atoms with Crippen molar-refractivity contribution in [3.05, 3.63) is 88.1 Å². The van der Waals surface area contributed by atoms with Gasteiger partial charge in [-0.2, -0.15) is 5.10 Å². The van der Waals surface area contributed by atoms with E-state index in [1.807, 2.05) is 44.2 Å². The highest BCUT2D eigenvalue weighted by Crippen LogP contribution is 2.30. The van der Waals surface area contributed by atoms with Gasteiger partial charge in [-0.25, -0.2) is 5.43 Å². The van der Waals surface area contributed by atoms with E-state index < -0.39 is 0 Å². The molecule has 0 saturated carbocycles. The standard InChI is InChI=1S/C24H24N4O3/c1-15-6-3-8-18(12-15)23(29)28-27-19-9-4-10-20-21(19)16(2)22(31-20)24(30)26-14-17-7-5-11-25-13-17/h3,5-8,11-13H,4,9-10,14H2,1-2H3,(H,26,30)(H,28,29)/b27-19+. The summed E-state index contributed by atoms with van der Waals surface area (Å²) in [7, 11) is 0. The SMILES string of the molecule is Cc1cccc(C(=O)N/N=C2\CCCc3oc(C(=O)NCc4cccnc4)c(C)c32)c1. The topological polar surface area (TPSA) is 96.6 Å². The van der Waals surface area contributed by atoms with E-state index in [2.05, 4.69) is 20.8 Å². The molecule has 0 radical (unpaired) electrons. The minimum absolute atomic E-state index is 0.265. The number of aromatic nitrogens is 1. The molecule has 2 amide bonds. The molecule has 158 valence electrons. The van der Waals surface area contributed by atoms with Crippen LogP contribution in [0.4, 0.5) is 0 Å². The Morgan fingerprint density at radius 2 is 2.00 bits per heavy atom. The highest BCUT2D eigenvalue weighted by molar-refractivity contribution is 6.07. The first-order chi connectivity index (χ1) is 15.0. The van der Waals surface area contributed by atoms with Crippen LogP contribution in [0.25, 0.3) is 0 Å². The van der Waals surface area contributed by atoms with E-state index in [-0.39, 0.29) is 17.6 Å². The second kappa shape index (κ2) is 8.95. The van der Waals surface area contributed by atoms with Gasteiger partial charge in [0.25, 0.3) is 11.8 Å². The zero-order chi connectivity index (χ0) is 21.8. The third-order valence-electron chi connectivity index (χ3n) is 5.28. The number of benzene rings is 1. The van der Waals surface area contributed by atoms with Crippen molar-refractivity contribution in [2.24, 2.45) is 5.10 Å². The molecule has 0 spiro atoms. The van der Waals surface area contributed by atoms with E-state index >= 15 is 0 Å². The third kappa shape index (κ3) is 4.55. The fraction of sp³-hybridized carbons (Fsp3) is 0.250. The van der Waals surface area contributed by atoms with E-state index in [0.29, 0.717) is 18.5 Å². The Hall–Kier alpha value is -3.74. The Morgan fingerprint density at radius 3 is 2.77 bits per heavy atom. The molecule has 7 nitrogen and oxygen atoms in total. The molecule has 31 heavy (non-hydrogen) atoms. The summed E-state index contributed by atoms with van der Waals surface area (Å²) in [4.78, 5) is 29.2. The fourth-order valence-corrected chi connectivity index (χ4v) is 3.73. The molecule has 2 heterocycles. The number of aryl methyl sites for hydroxylation is 2. The Bertz CT molecular complexity index is 1150. The van der Waals surface area contributed by atoms with Crippen LogP contribution in [0.1, 0.15) is 61.8 Å². The first-order valence-corrected chi connectivity index (χ1v) is 10.3. The lowest BCUT2D eigenvalue weighted by atomic mass is 9.93. The first-order valence-electron chi connectivity index (χ1n) is 10.3. The summed E-state index contributed by atoms with van der Waals surface area (Å²) in [5.41, 5.74) is 7.41. The van der Waals surface area contributed by atoms with E-state index in [4.69, 9.17) is 4.42 Å². The highest BCUT2D eigenvalue weighted by atomic mass is 16.4. The van der Waals surface area contributed by atoms with Gasteiger partial charge in [-0.15, -0.1) is 0 Å². The average Bonchev–Trinajstić information content (AvgIpc) is 3.13. The molecule has 1 aliphatic rings. The number of furan rings is 1. The molecule has 0 saturated heterocycles. The normalized spacial score (nSPS) is 14.2. The molecular formula is C24H24N4O3. The monoisotopic (exact) mass is 416 g/mol. The van der Waals surface area contributed by atoms with Gasteiger partial charge in [0.05, 0.1) is 5.71 Å². The van der Waals surface area contributed by atoms with Gasteiger partial charge in [-0.05, 0) is 50.5 Å². The van der Waals surface area contributed by atoms with Crippen molar-refractivity contribution >= 4 is 17.5 Å². The van der Waals surface area contributed by atoms with Crippen molar-refractivity contribution in [2.45, 2.75) is 39.7 Å².